The Kier molecular flexibility index (Phi) is 8.55. The summed E-state index contributed by atoms with van der Waals surface area (Å²) in [4.78, 5) is 11.5. The summed E-state index contributed by atoms with van der Waals surface area (Å²) in [6.45, 7) is 23.5. The van der Waals surface area contributed by atoms with Crippen molar-refractivity contribution in [2.24, 2.45) is 56.7 Å². The number of fused-ring (bicyclic) bond motifs is 7. The fourth-order valence-corrected chi connectivity index (χ4v) is 13.2. The summed E-state index contributed by atoms with van der Waals surface area (Å²) in [7, 11) is 2.06. The van der Waals surface area contributed by atoms with Crippen LogP contribution in [0, 0.1) is 56.7 Å². The first-order valence-corrected chi connectivity index (χ1v) is 18.3. The van der Waals surface area contributed by atoms with Crippen molar-refractivity contribution in [3.63, 3.8) is 0 Å². The maximum absolute atomic E-state index is 11.5. The molecule has 45 heavy (non-hydrogen) atoms. The van der Waals surface area contributed by atoms with Crippen molar-refractivity contribution in [1.29, 1.82) is 0 Å². The van der Waals surface area contributed by atoms with Gasteiger partial charge < -0.3 is 15.7 Å². The maximum atomic E-state index is 11.5. The Balaban J connectivity index is 1.30. The van der Waals surface area contributed by atoms with Gasteiger partial charge in [-0.25, -0.2) is 4.79 Å². The highest BCUT2D eigenvalue weighted by atomic mass is 16.4. The Morgan fingerprint density at radius 1 is 0.911 bits per heavy atom. The smallest absolute Gasteiger partial charge is 0.335 e. The van der Waals surface area contributed by atoms with Crippen molar-refractivity contribution in [1.82, 2.24) is 10.6 Å². The number of allylic oxidation sites excluding steroid dienone is 3. The van der Waals surface area contributed by atoms with E-state index in [4.69, 9.17) is 0 Å². The third kappa shape index (κ3) is 4.93. The van der Waals surface area contributed by atoms with E-state index in [9.17, 15) is 9.90 Å². The predicted octanol–water partition coefficient (Wildman–Crippen LogP) is 9.23. The van der Waals surface area contributed by atoms with Crippen molar-refractivity contribution in [2.45, 2.75) is 106 Å². The van der Waals surface area contributed by atoms with Gasteiger partial charge in [-0.1, -0.05) is 65.0 Å². The minimum absolute atomic E-state index is 0.0496. The second-order valence-corrected chi connectivity index (χ2v) is 17.6. The summed E-state index contributed by atoms with van der Waals surface area (Å²) in [6, 6.07) is 7.65. The van der Waals surface area contributed by atoms with E-state index in [0.717, 1.165) is 37.3 Å². The summed E-state index contributed by atoms with van der Waals surface area (Å²) in [6.07, 6.45) is 15.7. The normalized spacial score (nSPS) is 41.7. The summed E-state index contributed by atoms with van der Waals surface area (Å²) < 4.78 is 0. The molecule has 5 aliphatic rings. The number of carboxylic acids is 1. The third-order valence-electron chi connectivity index (χ3n) is 15.5. The van der Waals surface area contributed by atoms with E-state index >= 15 is 0 Å². The molecule has 0 heterocycles. The summed E-state index contributed by atoms with van der Waals surface area (Å²) >= 11 is 0. The number of hydrogen-bond acceptors (Lipinski definition) is 3. The van der Waals surface area contributed by atoms with Gasteiger partial charge in [-0.2, -0.15) is 0 Å². The van der Waals surface area contributed by atoms with Crippen LogP contribution in [-0.4, -0.2) is 37.8 Å². The van der Waals surface area contributed by atoms with E-state index in [-0.39, 0.29) is 10.8 Å². The minimum Gasteiger partial charge on any atom is -0.478 e. The van der Waals surface area contributed by atoms with Crippen molar-refractivity contribution in [2.75, 3.05) is 26.7 Å². The van der Waals surface area contributed by atoms with E-state index in [2.05, 4.69) is 71.9 Å². The van der Waals surface area contributed by atoms with Gasteiger partial charge >= 0.3 is 5.97 Å². The van der Waals surface area contributed by atoms with Gasteiger partial charge in [0.1, 0.15) is 0 Å². The molecule has 0 spiro atoms. The number of carboxylic acid groups (broad SMARTS) is 1. The second-order valence-electron chi connectivity index (χ2n) is 17.6. The van der Waals surface area contributed by atoms with Gasteiger partial charge in [0.2, 0.25) is 0 Å². The maximum Gasteiger partial charge on any atom is 0.335 e. The van der Waals surface area contributed by atoms with Crippen LogP contribution in [0.1, 0.15) is 122 Å². The molecule has 5 aliphatic carbocycles. The van der Waals surface area contributed by atoms with E-state index in [1.54, 1.807) is 12.1 Å². The molecule has 0 aliphatic heterocycles. The van der Waals surface area contributed by atoms with Gasteiger partial charge in [0, 0.05) is 6.54 Å². The first kappa shape index (κ1) is 33.0. The lowest BCUT2D eigenvalue weighted by molar-refractivity contribution is -0.225. The average molecular weight is 615 g/mol. The lowest BCUT2D eigenvalue weighted by Crippen LogP contribution is -2.65. The molecule has 4 fully saturated rings. The van der Waals surface area contributed by atoms with Crippen LogP contribution in [0.25, 0.3) is 5.57 Å². The number of aromatic carboxylic acids is 1. The van der Waals surface area contributed by atoms with Crippen LogP contribution in [0.3, 0.4) is 0 Å². The van der Waals surface area contributed by atoms with Crippen LogP contribution in [0.15, 0.2) is 42.5 Å². The summed E-state index contributed by atoms with van der Waals surface area (Å²) in [5.41, 5.74) is 5.90. The highest BCUT2D eigenvalue weighted by Gasteiger charge is 2.70. The molecular formula is C41H62N2O2. The first-order valence-electron chi connectivity index (χ1n) is 18.3. The lowest BCUT2D eigenvalue weighted by Gasteiger charge is -2.72. The van der Waals surface area contributed by atoms with Gasteiger partial charge in [0.05, 0.1) is 5.56 Å². The molecule has 9 atom stereocenters. The minimum atomic E-state index is -0.852. The Labute approximate surface area is 274 Å². The highest BCUT2D eigenvalue weighted by molar-refractivity contribution is 5.88. The molecule has 6 rings (SSSR count). The SMILES string of the molecule is C=C(C)C1CCC2(CNCCCNC)CCC3(C)C(CCC4C5(C)CC=C(c6ccc(C(=O)O)cc6)C(C)(C)C5CCC43C)C12. The topological polar surface area (TPSA) is 61.4 Å². The van der Waals surface area contributed by atoms with Crippen molar-refractivity contribution < 1.29 is 9.90 Å². The molecule has 0 amide bonds. The zero-order valence-electron chi connectivity index (χ0n) is 29.5. The van der Waals surface area contributed by atoms with Crippen LogP contribution in [0.2, 0.25) is 0 Å². The van der Waals surface area contributed by atoms with Crippen LogP contribution in [-0.2, 0) is 0 Å². The molecule has 4 nitrogen and oxygen atoms in total. The Morgan fingerprint density at radius 3 is 2.31 bits per heavy atom. The largest absolute Gasteiger partial charge is 0.478 e. The molecule has 4 heteroatoms. The number of benzene rings is 1. The molecular weight excluding hydrogens is 552 g/mol. The number of carbonyl (C=O) groups is 1. The van der Waals surface area contributed by atoms with Crippen molar-refractivity contribution in [3.05, 3.63) is 53.6 Å². The Bertz CT molecular complexity index is 1330. The van der Waals surface area contributed by atoms with Crippen LogP contribution >= 0.6 is 0 Å². The molecule has 1 aromatic rings. The van der Waals surface area contributed by atoms with Gasteiger partial charge in [-0.3, -0.25) is 0 Å². The van der Waals surface area contributed by atoms with Gasteiger partial charge in [0.25, 0.3) is 0 Å². The zero-order valence-corrected chi connectivity index (χ0v) is 29.5. The average Bonchev–Trinajstić information content (AvgIpc) is 3.37. The van der Waals surface area contributed by atoms with E-state index in [0.29, 0.717) is 33.6 Å². The molecule has 4 saturated carbocycles. The first-order chi connectivity index (χ1) is 21.2. The van der Waals surface area contributed by atoms with Crippen LogP contribution in [0.4, 0.5) is 0 Å². The molecule has 0 aromatic heterocycles. The standard InChI is InChI=1S/C41H62N2O2/c1-27(2)30-16-21-41(26-43-25-9-24-42-8)23-22-39(6)32(35(30)41)14-15-34-38(5)19-17-31(28-10-12-29(13-11-28)36(44)45)37(3,4)33(38)18-20-40(34,39)7/h10-13,17,30,32-35,42-43H,1,9,14-16,18-26H2,2-8H3,(H,44,45). The number of rotatable bonds is 9. The summed E-state index contributed by atoms with van der Waals surface area (Å²) in [5, 5.41) is 16.7. The van der Waals surface area contributed by atoms with Gasteiger partial charge in [-0.05, 0) is 171 Å². The number of hydrogen-bond donors (Lipinski definition) is 3. The molecule has 0 saturated heterocycles. The fourth-order valence-electron chi connectivity index (χ4n) is 13.2. The van der Waals surface area contributed by atoms with Gasteiger partial charge in [0.15, 0.2) is 0 Å². The molecule has 248 valence electrons. The highest BCUT2D eigenvalue weighted by Crippen LogP contribution is 2.77. The lowest BCUT2D eigenvalue weighted by atomic mass is 9.32. The third-order valence-corrected chi connectivity index (χ3v) is 15.5. The summed E-state index contributed by atoms with van der Waals surface area (Å²) in [5.74, 6) is 2.72. The molecule has 0 radical (unpaired) electrons. The Hall–Kier alpha value is -1.91. The van der Waals surface area contributed by atoms with E-state index < -0.39 is 5.97 Å². The van der Waals surface area contributed by atoms with Gasteiger partial charge in [-0.15, -0.1) is 0 Å². The van der Waals surface area contributed by atoms with Crippen LogP contribution < -0.4 is 10.6 Å². The molecule has 3 N–H and O–H groups in total. The Morgan fingerprint density at radius 2 is 1.64 bits per heavy atom. The molecule has 1 aromatic carbocycles. The van der Waals surface area contributed by atoms with E-state index in [1.165, 1.54) is 81.0 Å². The zero-order chi connectivity index (χ0) is 32.4. The predicted molar refractivity (Wildman–Crippen MR) is 187 cm³/mol. The molecule has 9 unspecified atom stereocenters. The van der Waals surface area contributed by atoms with Crippen LogP contribution in [0.5, 0.6) is 0 Å². The van der Waals surface area contributed by atoms with E-state index in [1.807, 2.05) is 12.1 Å². The fraction of sp³-hybridized carbons (Fsp3) is 0.732. The second kappa shape index (κ2) is 11.7. The van der Waals surface area contributed by atoms with Crippen molar-refractivity contribution >= 4 is 11.5 Å². The van der Waals surface area contributed by atoms with Crippen molar-refractivity contribution in [3.8, 4) is 0 Å². The quantitative estimate of drug-likeness (QED) is 0.192. The molecule has 0 bridgehead atoms. The monoisotopic (exact) mass is 614 g/mol. The number of nitrogens with one attached hydrogen (secondary N) is 2.